The van der Waals surface area contributed by atoms with Gasteiger partial charge in [0.05, 0.1) is 0 Å². The first-order valence-corrected chi connectivity index (χ1v) is 6.77. The van der Waals surface area contributed by atoms with Crippen LogP contribution in [0.4, 0.5) is 8.78 Å². The highest BCUT2D eigenvalue weighted by Gasteiger charge is 2.17. The monoisotopic (exact) mass is 308 g/mol. The second-order valence-electron chi connectivity index (χ2n) is 4.94. The number of aromatic amines is 1. The Morgan fingerprint density at radius 3 is 2.48 bits per heavy atom. The van der Waals surface area contributed by atoms with Gasteiger partial charge in [-0.1, -0.05) is 12.1 Å². The second kappa shape index (κ2) is 5.85. The van der Waals surface area contributed by atoms with Gasteiger partial charge in [-0.15, -0.1) is 0 Å². The van der Waals surface area contributed by atoms with Crippen molar-refractivity contribution in [3.63, 3.8) is 0 Å². The molecule has 1 aromatic heterocycles. The lowest BCUT2D eigenvalue weighted by Crippen LogP contribution is -2.01. The van der Waals surface area contributed by atoms with E-state index in [-0.39, 0.29) is 11.1 Å². The molecule has 2 aromatic carbocycles. The zero-order chi connectivity index (χ0) is 16.4. The van der Waals surface area contributed by atoms with Crippen LogP contribution in [0.2, 0.25) is 0 Å². The zero-order valence-electron chi connectivity index (χ0n) is 11.8. The Labute approximate surface area is 130 Å². The van der Waals surface area contributed by atoms with Gasteiger partial charge in [0, 0.05) is 22.7 Å². The summed E-state index contributed by atoms with van der Waals surface area (Å²) in [4.78, 5) is 15.3. The van der Waals surface area contributed by atoms with E-state index in [9.17, 15) is 18.8 Å². The molecule has 0 bridgehead atoms. The van der Waals surface area contributed by atoms with Crippen LogP contribution in [0.3, 0.4) is 0 Å². The zero-order valence-corrected chi connectivity index (χ0v) is 11.8. The number of allylic oxidation sites excluding steroid dienone is 1. The molecule has 0 atom stereocenters. The molecular formula is C18H10F2N2O. The summed E-state index contributed by atoms with van der Waals surface area (Å²) in [7, 11) is 0. The van der Waals surface area contributed by atoms with Gasteiger partial charge in [0.2, 0.25) is 5.78 Å². The molecular weight excluding hydrogens is 298 g/mol. The summed E-state index contributed by atoms with van der Waals surface area (Å²) in [6, 6.07) is 11.3. The highest BCUT2D eigenvalue weighted by molar-refractivity contribution is 6.19. The number of benzene rings is 2. The molecule has 0 fully saturated rings. The number of carbonyl (C=O) groups excluding carboxylic acids is 1. The van der Waals surface area contributed by atoms with E-state index in [4.69, 9.17) is 0 Å². The summed E-state index contributed by atoms with van der Waals surface area (Å²) >= 11 is 0. The van der Waals surface area contributed by atoms with Gasteiger partial charge in [0.1, 0.15) is 23.3 Å². The Morgan fingerprint density at radius 1 is 1.09 bits per heavy atom. The number of nitrogens with zero attached hydrogens (tertiary/aromatic N) is 1. The molecule has 1 heterocycles. The van der Waals surface area contributed by atoms with Crippen LogP contribution in [0.25, 0.3) is 17.0 Å². The number of aromatic nitrogens is 1. The summed E-state index contributed by atoms with van der Waals surface area (Å²) in [5.41, 5.74) is 1.23. The Kier molecular flexibility index (Phi) is 3.73. The van der Waals surface area contributed by atoms with Gasteiger partial charge in [-0.05, 0) is 42.0 Å². The minimum absolute atomic E-state index is 0.0816. The summed E-state index contributed by atoms with van der Waals surface area (Å²) in [5.74, 6) is -1.29. The average molecular weight is 308 g/mol. The van der Waals surface area contributed by atoms with Crippen LogP contribution in [0.15, 0.2) is 54.2 Å². The first kappa shape index (κ1) is 14.7. The normalized spacial score (nSPS) is 11.4. The van der Waals surface area contributed by atoms with Gasteiger partial charge in [-0.3, -0.25) is 4.79 Å². The van der Waals surface area contributed by atoms with Crippen LogP contribution < -0.4 is 0 Å². The van der Waals surface area contributed by atoms with Crippen LogP contribution in [0.5, 0.6) is 0 Å². The maximum Gasteiger partial charge on any atom is 0.205 e. The van der Waals surface area contributed by atoms with Crippen molar-refractivity contribution in [2.75, 3.05) is 0 Å². The van der Waals surface area contributed by atoms with Crippen molar-refractivity contribution in [2.24, 2.45) is 0 Å². The minimum Gasteiger partial charge on any atom is -0.360 e. The summed E-state index contributed by atoms with van der Waals surface area (Å²) < 4.78 is 26.1. The Hall–Kier alpha value is -3.26. The third-order valence-electron chi connectivity index (χ3n) is 3.43. The van der Waals surface area contributed by atoms with Crippen molar-refractivity contribution in [3.05, 3.63) is 77.0 Å². The minimum atomic E-state index is -0.477. The summed E-state index contributed by atoms with van der Waals surface area (Å²) in [5, 5.41) is 9.78. The molecule has 0 aliphatic carbocycles. The van der Waals surface area contributed by atoms with Crippen molar-refractivity contribution in [3.8, 4) is 6.07 Å². The van der Waals surface area contributed by atoms with E-state index in [2.05, 4.69) is 4.98 Å². The average Bonchev–Trinajstić information content (AvgIpc) is 2.96. The number of ketones is 1. The number of hydrogen-bond acceptors (Lipinski definition) is 2. The second-order valence-corrected chi connectivity index (χ2v) is 4.94. The van der Waals surface area contributed by atoms with Gasteiger partial charge in [-0.25, -0.2) is 8.78 Å². The molecule has 5 heteroatoms. The highest BCUT2D eigenvalue weighted by Crippen LogP contribution is 2.22. The maximum atomic E-state index is 13.2. The SMILES string of the molecule is N#C/C(=C/c1ccc(F)cc1)C(=O)c1c[nH]c2cc(F)ccc12. The van der Waals surface area contributed by atoms with Gasteiger partial charge in [0.25, 0.3) is 0 Å². The standard InChI is InChI=1S/C18H10F2N2O/c19-13-3-1-11(2-4-13)7-12(9-21)18(23)16-10-22-17-8-14(20)5-6-15(16)17/h1-8,10,22H/b12-7-. The van der Waals surface area contributed by atoms with E-state index in [1.165, 1.54) is 54.7 Å². The molecule has 112 valence electrons. The molecule has 0 radical (unpaired) electrons. The smallest absolute Gasteiger partial charge is 0.205 e. The van der Waals surface area contributed by atoms with Gasteiger partial charge >= 0.3 is 0 Å². The number of fused-ring (bicyclic) bond motifs is 1. The van der Waals surface area contributed by atoms with Crippen LogP contribution in [-0.2, 0) is 0 Å². The molecule has 0 amide bonds. The van der Waals surface area contributed by atoms with Crippen molar-refractivity contribution < 1.29 is 13.6 Å². The van der Waals surface area contributed by atoms with E-state index >= 15 is 0 Å². The Bertz CT molecular complexity index is 963. The van der Waals surface area contributed by atoms with Crippen LogP contribution in [-0.4, -0.2) is 10.8 Å². The molecule has 3 rings (SSSR count). The number of nitriles is 1. The van der Waals surface area contributed by atoms with Crippen molar-refractivity contribution in [1.82, 2.24) is 4.98 Å². The first-order valence-electron chi connectivity index (χ1n) is 6.77. The fourth-order valence-electron chi connectivity index (χ4n) is 2.31. The number of nitrogens with one attached hydrogen (secondary N) is 1. The predicted octanol–water partition coefficient (Wildman–Crippen LogP) is 4.24. The Morgan fingerprint density at radius 2 is 1.78 bits per heavy atom. The fraction of sp³-hybridized carbons (Fsp3) is 0. The molecule has 23 heavy (non-hydrogen) atoms. The fourth-order valence-corrected chi connectivity index (χ4v) is 2.31. The van der Waals surface area contributed by atoms with E-state index in [1.807, 2.05) is 6.07 Å². The lowest BCUT2D eigenvalue weighted by molar-refractivity contribution is 0.104. The summed E-state index contributed by atoms with van der Waals surface area (Å²) in [6.45, 7) is 0. The van der Waals surface area contributed by atoms with Gasteiger partial charge < -0.3 is 4.98 Å². The topological polar surface area (TPSA) is 56.6 Å². The molecule has 0 spiro atoms. The molecule has 0 unspecified atom stereocenters. The van der Waals surface area contributed by atoms with E-state index in [0.29, 0.717) is 16.5 Å². The number of halogens is 2. The van der Waals surface area contributed by atoms with Crippen LogP contribution >= 0.6 is 0 Å². The van der Waals surface area contributed by atoms with Gasteiger partial charge in [0.15, 0.2) is 0 Å². The lowest BCUT2D eigenvalue weighted by Gasteiger charge is -1.99. The molecule has 3 nitrogen and oxygen atoms in total. The van der Waals surface area contributed by atoms with Crippen LogP contribution in [0, 0.1) is 23.0 Å². The molecule has 3 aromatic rings. The van der Waals surface area contributed by atoms with E-state index < -0.39 is 17.4 Å². The molecule has 0 aliphatic heterocycles. The lowest BCUT2D eigenvalue weighted by atomic mass is 10.0. The first-order chi connectivity index (χ1) is 11.1. The van der Waals surface area contributed by atoms with Gasteiger partial charge in [-0.2, -0.15) is 5.26 Å². The predicted molar refractivity (Wildman–Crippen MR) is 82.6 cm³/mol. The van der Waals surface area contributed by atoms with Crippen molar-refractivity contribution >= 4 is 22.8 Å². The van der Waals surface area contributed by atoms with E-state index in [0.717, 1.165) is 0 Å². The third kappa shape index (κ3) is 2.87. The van der Waals surface area contributed by atoms with E-state index in [1.54, 1.807) is 0 Å². The maximum absolute atomic E-state index is 13.2. The number of Topliss-reactive ketones (excluding diaryl/α,β-unsaturated/α-hetero) is 1. The quantitative estimate of drug-likeness (QED) is 0.447. The van der Waals surface area contributed by atoms with Crippen molar-refractivity contribution in [1.29, 1.82) is 5.26 Å². The molecule has 0 aliphatic rings. The Balaban J connectivity index is 2.02. The molecule has 0 saturated heterocycles. The van der Waals surface area contributed by atoms with Crippen LogP contribution in [0.1, 0.15) is 15.9 Å². The largest absolute Gasteiger partial charge is 0.360 e. The number of H-pyrrole nitrogens is 1. The highest BCUT2D eigenvalue weighted by atomic mass is 19.1. The number of rotatable bonds is 3. The third-order valence-corrected chi connectivity index (χ3v) is 3.43. The number of carbonyl (C=O) groups is 1. The molecule has 1 N–H and O–H groups in total. The van der Waals surface area contributed by atoms with Crippen molar-refractivity contribution in [2.45, 2.75) is 0 Å². The molecule has 0 saturated carbocycles. The number of hydrogen-bond donors (Lipinski definition) is 1. The summed E-state index contributed by atoms with van der Waals surface area (Å²) in [6.07, 6.45) is 2.84.